The summed E-state index contributed by atoms with van der Waals surface area (Å²) in [5.74, 6) is 1.65. The molecule has 3 heteroatoms. The lowest BCUT2D eigenvalue weighted by Gasteiger charge is -2.20. The summed E-state index contributed by atoms with van der Waals surface area (Å²) in [5, 5.41) is 11.7. The van der Waals surface area contributed by atoms with E-state index in [4.69, 9.17) is 11.5 Å². The minimum absolute atomic E-state index is 0.0800. The van der Waals surface area contributed by atoms with Crippen LogP contribution in [0, 0.1) is 17.8 Å². The zero-order valence-corrected chi connectivity index (χ0v) is 7.72. The van der Waals surface area contributed by atoms with E-state index in [2.05, 4.69) is 11.2 Å². The minimum Gasteiger partial charge on any atom is -0.481 e. The van der Waals surface area contributed by atoms with Crippen molar-refractivity contribution in [3.8, 4) is 12.3 Å². The van der Waals surface area contributed by atoms with Crippen molar-refractivity contribution in [2.45, 2.75) is 26.8 Å². The van der Waals surface area contributed by atoms with Crippen molar-refractivity contribution in [3.05, 3.63) is 0 Å². The van der Waals surface area contributed by atoms with Crippen LogP contribution in [-0.2, 0) is 4.79 Å². The maximum atomic E-state index is 10.6. The predicted octanol–water partition coefficient (Wildman–Crippen LogP) is 0.709. The summed E-state index contributed by atoms with van der Waals surface area (Å²) >= 11 is 0. The Hall–Kier alpha value is -1.01. The topological polar surface area (TPSA) is 49.3 Å². The van der Waals surface area contributed by atoms with Gasteiger partial charge in [0.05, 0.1) is 11.5 Å². The van der Waals surface area contributed by atoms with Gasteiger partial charge in [-0.3, -0.25) is 4.79 Å². The van der Waals surface area contributed by atoms with Crippen molar-refractivity contribution in [3.63, 3.8) is 0 Å². The predicted molar refractivity (Wildman–Crippen MR) is 47.7 cm³/mol. The van der Waals surface area contributed by atoms with Crippen LogP contribution in [0.4, 0.5) is 0 Å². The van der Waals surface area contributed by atoms with Crippen molar-refractivity contribution in [2.24, 2.45) is 5.41 Å². The first-order valence-corrected chi connectivity index (χ1v) is 3.83. The zero-order valence-electron chi connectivity index (χ0n) is 7.72. The summed E-state index contributed by atoms with van der Waals surface area (Å²) in [6, 6.07) is -0.0800. The Morgan fingerprint density at radius 3 is 2.58 bits per heavy atom. The molecule has 2 N–H and O–H groups in total. The molecule has 0 fully saturated rings. The number of carboxylic acids is 1. The molecule has 0 saturated heterocycles. The van der Waals surface area contributed by atoms with E-state index in [1.54, 1.807) is 13.8 Å². The molecule has 0 aromatic rings. The van der Waals surface area contributed by atoms with Crippen LogP contribution >= 0.6 is 0 Å². The Balaban J connectivity index is 3.94. The Bertz CT molecular complexity index is 203. The number of terminal acetylenes is 1. The Labute approximate surface area is 73.2 Å². The number of hydrogen-bond acceptors (Lipinski definition) is 2. The van der Waals surface area contributed by atoms with Gasteiger partial charge in [0.1, 0.15) is 0 Å². The quantitative estimate of drug-likeness (QED) is 0.609. The molecule has 1 unspecified atom stereocenters. The molecule has 0 heterocycles. The molecular formula is C9H15NO2. The molecule has 12 heavy (non-hydrogen) atoms. The van der Waals surface area contributed by atoms with Crippen molar-refractivity contribution < 1.29 is 9.90 Å². The van der Waals surface area contributed by atoms with E-state index in [-0.39, 0.29) is 6.04 Å². The summed E-state index contributed by atoms with van der Waals surface area (Å²) in [6.45, 7) is 5.52. The average molecular weight is 169 g/mol. The molecule has 0 saturated carbocycles. The molecule has 0 spiro atoms. The van der Waals surface area contributed by atoms with E-state index in [1.165, 1.54) is 0 Å². The van der Waals surface area contributed by atoms with Gasteiger partial charge in [-0.15, -0.1) is 6.42 Å². The van der Waals surface area contributed by atoms with Crippen LogP contribution in [0.5, 0.6) is 0 Å². The highest BCUT2D eigenvalue weighted by Crippen LogP contribution is 2.13. The second kappa shape index (κ2) is 4.13. The van der Waals surface area contributed by atoms with Gasteiger partial charge in [0.2, 0.25) is 0 Å². The second-order valence-corrected chi connectivity index (χ2v) is 3.46. The maximum absolute atomic E-state index is 10.6. The number of aliphatic carboxylic acids is 1. The molecule has 0 amide bonds. The molecule has 0 aliphatic heterocycles. The zero-order chi connectivity index (χ0) is 9.78. The van der Waals surface area contributed by atoms with Gasteiger partial charge in [-0.2, -0.15) is 0 Å². The number of carbonyl (C=O) groups is 1. The standard InChI is InChI=1S/C9H15NO2/c1-5-7(2)10-6-9(3,4)8(11)12/h1,7,10H,6H2,2-4H3,(H,11,12). The van der Waals surface area contributed by atoms with Crippen LogP contribution in [0.25, 0.3) is 0 Å². The lowest BCUT2D eigenvalue weighted by Crippen LogP contribution is -2.39. The van der Waals surface area contributed by atoms with Crippen LogP contribution < -0.4 is 5.32 Å². The van der Waals surface area contributed by atoms with Gasteiger partial charge in [-0.25, -0.2) is 0 Å². The van der Waals surface area contributed by atoms with Gasteiger partial charge in [-0.1, -0.05) is 5.92 Å². The third-order valence-corrected chi connectivity index (χ3v) is 1.68. The van der Waals surface area contributed by atoms with E-state index in [9.17, 15) is 4.79 Å². The van der Waals surface area contributed by atoms with Gasteiger partial charge >= 0.3 is 5.97 Å². The van der Waals surface area contributed by atoms with Crippen LogP contribution in [0.3, 0.4) is 0 Å². The first kappa shape index (κ1) is 11.0. The molecule has 0 aromatic heterocycles. The van der Waals surface area contributed by atoms with Gasteiger partial charge in [-0.05, 0) is 20.8 Å². The lowest BCUT2D eigenvalue weighted by atomic mass is 9.93. The highest BCUT2D eigenvalue weighted by atomic mass is 16.4. The molecule has 3 nitrogen and oxygen atoms in total. The summed E-state index contributed by atoms with van der Waals surface area (Å²) in [4.78, 5) is 10.6. The number of carboxylic acid groups (broad SMARTS) is 1. The number of hydrogen-bond donors (Lipinski definition) is 2. The fourth-order valence-electron chi connectivity index (χ4n) is 0.543. The molecule has 0 aliphatic carbocycles. The monoisotopic (exact) mass is 169 g/mol. The SMILES string of the molecule is C#CC(C)NCC(C)(C)C(=O)O. The van der Waals surface area contributed by atoms with Crippen LogP contribution in [0.2, 0.25) is 0 Å². The van der Waals surface area contributed by atoms with E-state index in [0.717, 1.165) is 0 Å². The van der Waals surface area contributed by atoms with Gasteiger partial charge in [0.15, 0.2) is 0 Å². The molecule has 0 radical (unpaired) electrons. The second-order valence-electron chi connectivity index (χ2n) is 3.46. The lowest BCUT2D eigenvalue weighted by molar-refractivity contribution is -0.146. The molecule has 0 aliphatic rings. The fraction of sp³-hybridized carbons (Fsp3) is 0.667. The Morgan fingerprint density at radius 1 is 1.75 bits per heavy atom. The van der Waals surface area contributed by atoms with Gasteiger partial charge in [0.25, 0.3) is 0 Å². The molecule has 0 rings (SSSR count). The normalized spacial score (nSPS) is 13.5. The summed E-state index contributed by atoms with van der Waals surface area (Å²) in [5.41, 5.74) is -0.759. The van der Waals surface area contributed by atoms with E-state index in [0.29, 0.717) is 6.54 Å². The van der Waals surface area contributed by atoms with Crippen molar-refractivity contribution in [2.75, 3.05) is 6.54 Å². The Kier molecular flexibility index (Phi) is 3.78. The smallest absolute Gasteiger partial charge is 0.310 e. The third kappa shape index (κ3) is 3.40. The highest BCUT2D eigenvalue weighted by molar-refractivity contribution is 5.73. The Morgan fingerprint density at radius 2 is 2.25 bits per heavy atom. The van der Waals surface area contributed by atoms with Crippen molar-refractivity contribution in [1.82, 2.24) is 5.32 Å². The highest BCUT2D eigenvalue weighted by Gasteiger charge is 2.26. The van der Waals surface area contributed by atoms with E-state index < -0.39 is 11.4 Å². The van der Waals surface area contributed by atoms with Crippen LogP contribution in [0.1, 0.15) is 20.8 Å². The van der Waals surface area contributed by atoms with Gasteiger partial charge < -0.3 is 10.4 Å². The molecular weight excluding hydrogens is 154 g/mol. The summed E-state index contributed by atoms with van der Waals surface area (Å²) in [7, 11) is 0. The summed E-state index contributed by atoms with van der Waals surface area (Å²) in [6.07, 6.45) is 5.12. The largest absolute Gasteiger partial charge is 0.481 e. The first-order chi connectivity index (χ1) is 5.40. The third-order valence-electron chi connectivity index (χ3n) is 1.68. The van der Waals surface area contributed by atoms with Crippen LogP contribution in [0.15, 0.2) is 0 Å². The fourth-order valence-corrected chi connectivity index (χ4v) is 0.543. The first-order valence-electron chi connectivity index (χ1n) is 3.83. The van der Waals surface area contributed by atoms with Gasteiger partial charge in [0, 0.05) is 6.54 Å². The molecule has 68 valence electrons. The molecule has 0 bridgehead atoms. The van der Waals surface area contributed by atoms with Crippen LogP contribution in [-0.4, -0.2) is 23.7 Å². The molecule has 1 atom stereocenters. The molecule has 0 aromatic carbocycles. The minimum atomic E-state index is -0.820. The number of rotatable bonds is 4. The van der Waals surface area contributed by atoms with Crippen molar-refractivity contribution >= 4 is 5.97 Å². The van der Waals surface area contributed by atoms with E-state index in [1.807, 2.05) is 6.92 Å². The number of nitrogens with one attached hydrogen (secondary N) is 1. The maximum Gasteiger partial charge on any atom is 0.310 e. The van der Waals surface area contributed by atoms with E-state index >= 15 is 0 Å². The summed E-state index contributed by atoms with van der Waals surface area (Å²) < 4.78 is 0. The average Bonchev–Trinajstić information content (AvgIpc) is 2.00. The van der Waals surface area contributed by atoms with Crippen molar-refractivity contribution in [1.29, 1.82) is 0 Å².